The van der Waals surface area contributed by atoms with Crippen LogP contribution in [0.15, 0.2) is 0 Å². The molecule has 0 aromatic carbocycles. The number of carbonyl (C=O) groups is 2. The summed E-state index contributed by atoms with van der Waals surface area (Å²) in [6, 6.07) is 0. The third-order valence-electron chi connectivity index (χ3n) is 2.57. The summed E-state index contributed by atoms with van der Waals surface area (Å²) in [5.41, 5.74) is 0. The van der Waals surface area contributed by atoms with Gasteiger partial charge in [0, 0.05) is 31.8 Å². The van der Waals surface area contributed by atoms with Gasteiger partial charge in [-0.25, -0.2) is 0 Å². The van der Waals surface area contributed by atoms with E-state index in [1.54, 1.807) is 11.8 Å². The molecule has 1 heterocycles. The van der Waals surface area contributed by atoms with E-state index >= 15 is 0 Å². The average Bonchev–Trinajstić information content (AvgIpc) is 2.67. The van der Waals surface area contributed by atoms with Gasteiger partial charge in [-0.1, -0.05) is 11.8 Å². The molecule has 1 atom stereocenters. The molecule has 6 heteroatoms. The van der Waals surface area contributed by atoms with E-state index in [0.717, 1.165) is 18.7 Å². The lowest BCUT2D eigenvalue weighted by Gasteiger charge is -2.13. The molecule has 0 bridgehead atoms. The van der Waals surface area contributed by atoms with Crippen LogP contribution >= 0.6 is 11.8 Å². The van der Waals surface area contributed by atoms with E-state index in [2.05, 4.69) is 5.32 Å². The molecule has 0 spiro atoms. The summed E-state index contributed by atoms with van der Waals surface area (Å²) in [6.07, 6.45) is 1.52. The van der Waals surface area contributed by atoms with E-state index in [4.69, 9.17) is 5.11 Å². The van der Waals surface area contributed by atoms with Crippen molar-refractivity contribution in [3.05, 3.63) is 0 Å². The second-order valence-corrected chi connectivity index (χ2v) is 5.24. The van der Waals surface area contributed by atoms with Gasteiger partial charge < -0.3 is 15.3 Å². The van der Waals surface area contributed by atoms with E-state index < -0.39 is 0 Å². The zero-order chi connectivity index (χ0) is 12.7. The fourth-order valence-corrected chi connectivity index (χ4v) is 2.43. The molecule has 0 saturated carbocycles. The van der Waals surface area contributed by atoms with Crippen molar-refractivity contribution in [1.29, 1.82) is 0 Å². The number of carbonyl (C=O) groups excluding carboxylic acids is 2. The molecular formula is C11H20N2O3S. The van der Waals surface area contributed by atoms with Crippen LogP contribution in [0.25, 0.3) is 0 Å². The van der Waals surface area contributed by atoms with Crippen LogP contribution in [0, 0.1) is 0 Å². The highest BCUT2D eigenvalue weighted by atomic mass is 32.2. The van der Waals surface area contributed by atoms with Crippen molar-refractivity contribution in [3.8, 4) is 0 Å². The predicted molar refractivity (Wildman–Crippen MR) is 68.0 cm³/mol. The first kappa shape index (κ1) is 14.3. The summed E-state index contributed by atoms with van der Waals surface area (Å²) in [7, 11) is 0. The van der Waals surface area contributed by atoms with Crippen molar-refractivity contribution in [2.24, 2.45) is 0 Å². The molecule has 1 aliphatic heterocycles. The maximum atomic E-state index is 11.4. The lowest BCUT2D eigenvalue weighted by Crippen LogP contribution is -2.31. The van der Waals surface area contributed by atoms with Gasteiger partial charge in [0.05, 0.1) is 6.10 Å². The van der Waals surface area contributed by atoms with E-state index in [9.17, 15) is 9.59 Å². The lowest BCUT2D eigenvalue weighted by molar-refractivity contribution is -0.121. The number of aliphatic hydroxyl groups excluding tert-OH is 1. The van der Waals surface area contributed by atoms with Crippen molar-refractivity contribution in [3.63, 3.8) is 0 Å². The molecule has 2 N–H and O–H groups in total. The van der Waals surface area contributed by atoms with Gasteiger partial charge in [0.25, 0.3) is 5.24 Å². The molecule has 1 rings (SSSR count). The van der Waals surface area contributed by atoms with Crippen LogP contribution in [0.1, 0.15) is 26.2 Å². The standard InChI is InChI=1S/C11H20N2O3S/c1-9(14)3-2-5-12-10(15)4-6-13-7-8-17-11(13)16/h9,14H,2-8H2,1H3,(H,12,15). The SMILES string of the molecule is CC(O)CCCNC(=O)CCN1CCSC1=O. The van der Waals surface area contributed by atoms with Crippen molar-refractivity contribution in [1.82, 2.24) is 10.2 Å². The van der Waals surface area contributed by atoms with Crippen LogP contribution in [0.3, 0.4) is 0 Å². The van der Waals surface area contributed by atoms with Crippen molar-refractivity contribution >= 4 is 22.9 Å². The fraction of sp³-hybridized carbons (Fsp3) is 0.818. The van der Waals surface area contributed by atoms with Crippen molar-refractivity contribution in [2.75, 3.05) is 25.4 Å². The smallest absolute Gasteiger partial charge is 0.281 e. The Kier molecular flexibility index (Phi) is 6.36. The summed E-state index contributed by atoms with van der Waals surface area (Å²) in [6.45, 7) is 3.58. The highest BCUT2D eigenvalue weighted by Gasteiger charge is 2.21. The summed E-state index contributed by atoms with van der Waals surface area (Å²) in [4.78, 5) is 24.4. The molecule has 1 aliphatic rings. The zero-order valence-electron chi connectivity index (χ0n) is 10.1. The third kappa shape index (κ3) is 5.93. The van der Waals surface area contributed by atoms with Crippen molar-refractivity contribution in [2.45, 2.75) is 32.3 Å². The summed E-state index contributed by atoms with van der Waals surface area (Å²) in [5, 5.41) is 11.9. The van der Waals surface area contributed by atoms with E-state index in [0.29, 0.717) is 25.9 Å². The molecule has 0 radical (unpaired) electrons. The van der Waals surface area contributed by atoms with Gasteiger partial charge in [0.15, 0.2) is 0 Å². The van der Waals surface area contributed by atoms with Gasteiger partial charge >= 0.3 is 0 Å². The second-order valence-electron chi connectivity index (χ2n) is 4.19. The molecule has 2 amide bonds. The van der Waals surface area contributed by atoms with Crippen LogP contribution in [0.4, 0.5) is 4.79 Å². The maximum Gasteiger partial charge on any atom is 0.281 e. The van der Waals surface area contributed by atoms with E-state index in [-0.39, 0.29) is 17.3 Å². The Bertz CT molecular complexity index is 271. The first-order valence-corrected chi connectivity index (χ1v) is 6.94. The molecule has 98 valence electrons. The molecule has 1 fully saturated rings. The monoisotopic (exact) mass is 260 g/mol. The summed E-state index contributed by atoms with van der Waals surface area (Å²) in [5.74, 6) is 0.801. The molecule has 0 aromatic rings. The third-order valence-corrected chi connectivity index (χ3v) is 3.47. The van der Waals surface area contributed by atoms with E-state index in [1.807, 2.05) is 0 Å². The van der Waals surface area contributed by atoms with Gasteiger partial charge in [0.1, 0.15) is 0 Å². The molecule has 0 aromatic heterocycles. The van der Waals surface area contributed by atoms with Crippen LogP contribution in [0.2, 0.25) is 0 Å². The summed E-state index contributed by atoms with van der Waals surface area (Å²) < 4.78 is 0. The number of aliphatic hydroxyl groups is 1. The Hall–Kier alpha value is -0.750. The molecule has 1 unspecified atom stereocenters. The molecule has 0 aliphatic carbocycles. The predicted octanol–water partition coefficient (Wildman–Crippen LogP) is 0.823. The van der Waals surface area contributed by atoms with Gasteiger partial charge in [-0.15, -0.1) is 0 Å². The number of rotatable bonds is 7. The second kappa shape index (κ2) is 7.55. The molecular weight excluding hydrogens is 240 g/mol. The minimum Gasteiger partial charge on any atom is -0.393 e. The van der Waals surface area contributed by atoms with Crippen LogP contribution in [-0.4, -0.2) is 52.6 Å². The number of amides is 2. The van der Waals surface area contributed by atoms with Gasteiger partial charge in [0.2, 0.25) is 5.91 Å². The van der Waals surface area contributed by atoms with Crippen molar-refractivity contribution < 1.29 is 14.7 Å². The first-order valence-electron chi connectivity index (χ1n) is 5.96. The number of nitrogens with one attached hydrogen (secondary N) is 1. The number of hydrogen-bond acceptors (Lipinski definition) is 4. The quantitative estimate of drug-likeness (QED) is 0.665. The average molecular weight is 260 g/mol. The normalized spacial score (nSPS) is 17.3. The Morgan fingerprint density at radius 3 is 3.00 bits per heavy atom. The Balaban J connectivity index is 2.03. The Labute approximate surface area is 106 Å². The Morgan fingerprint density at radius 2 is 2.41 bits per heavy atom. The van der Waals surface area contributed by atoms with Gasteiger partial charge in [-0.2, -0.15) is 0 Å². The minimum atomic E-state index is -0.314. The topological polar surface area (TPSA) is 69.6 Å². The lowest BCUT2D eigenvalue weighted by atomic mass is 10.2. The first-order chi connectivity index (χ1) is 8.09. The summed E-state index contributed by atoms with van der Waals surface area (Å²) >= 11 is 1.31. The molecule has 17 heavy (non-hydrogen) atoms. The Morgan fingerprint density at radius 1 is 1.65 bits per heavy atom. The minimum absolute atomic E-state index is 0.0275. The van der Waals surface area contributed by atoms with Crippen LogP contribution in [-0.2, 0) is 4.79 Å². The highest BCUT2D eigenvalue weighted by molar-refractivity contribution is 8.13. The van der Waals surface area contributed by atoms with Crippen LogP contribution in [0.5, 0.6) is 0 Å². The number of nitrogens with zero attached hydrogens (tertiary/aromatic N) is 1. The van der Waals surface area contributed by atoms with Gasteiger partial charge in [-0.3, -0.25) is 9.59 Å². The van der Waals surface area contributed by atoms with Gasteiger partial charge in [-0.05, 0) is 19.8 Å². The fourth-order valence-electron chi connectivity index (χ4n) is 1.58. The molecule has 5 nitrogen and oxygen atoms in total. The zero-order valence-corrected chi connectivity index (χ0v) is 11.0. The maximum absolute atomic E-state index is 11.4. The number of thioether (sulfide) groups is 1. The van der Waals surface area contributed by atoms with E-state index in [1.165, 1.54) is 11.8 Å². The molecule has 1 saturated heterocycles. The highest BCUT2D eigenvalue weighted by Crippen LogP contribution is 2.16. The largest absolute Gasteiger partial charge is 0.393 e. The number of hydrogen-bond donors (Lipinski definition) is 2. The van der Waals surface area contributed by atoms with Crippen LogP contribution < -0.4 is 5.32 Å².